The minimum atomic E-state index is -2.40. The highest BCUT2D eigenvalue weighted by Gasteiger charge is 2.78. The van der Waals surface area contributed by atoms with Crippen molar-refractivity contribution >= 4 is 35.9 Å². The second-order valence-electron chi connectivity index (χ2n) is 20.8. The summed E-state index contributed by atoms with van der Waals surface area (Å²) >= 11 is 0. The van der Waals surface area contributed by atoms with Gasteiger partial charge >= 0.3 is 30.1 Å². The average molecular weight is 913 g/mol. The molecule has 5 aliphatic rings. The fourth-order valence-corrected chi connectivity index (χ4v) is 11.0. The van der Waals surface area contributed by atoms with Crippen LogP contribution in [0, 0.1) is 22.7 Å². The molecule has 6 rings (SSSR count). The molecule has 1 aliphatic heterocycles. The number of hydrogen-bond donors (Lipinski definition) is 5. The summed E-state index contributed by atoms with van der Waals surface area (Å²) in [6.45, 7) is 15.7. The van der Waals surface area contributed by atoms with E-state index in [1.165, 1.54) is 19.1 Å². The van der Waals surface area contributed by atoms with Crippen molar-refractivity contribution in [3.63, 3.8) is 0 Å². The van der Waals surface area contributed by atoms with Crippen molar-refractivity contribution < 1.29 is 72.5 Å². The summed E-state index contributed by atoms with van der Waals surface area (Å²) < 4.78 is 36.2. The van der Waals surface area contributed by atoms with Crippen LogP contribution in [-0.2, 0) is 42.8 Å². The fraction of sp³-hybridized carbons (Fsp3) is 0.708. The maximum atomic E-state index is 15.9. The van der Waals surface area contributed by atoms with Crippen molar-refractivity contribution in [1.82, 2.24) is 10.6 Å². The molecular formula is C48H68N2O15. The molecule has 0 aromatic heterocycles. The van der Waals surface area contributed by atoms with E-state index >= 15 is 4.79 Å². The fourth-order valence-electron chi connectivity index (χ4n) is 11.0. The maximum absolute atomic E-state index is 15.9. The zero-order chi connectivity index (χ0) is 48.0. The topological polar surface area (TPSA) is 243 Å². The molecule has 4 aliphatic carbocycles. The first-order valence-corrected chi connectivity index (χ1v) is 22.8. The van der Waals surface area contributed by atoms with E-state index in [1.54, 1.807) is 59.7 Å². The standard InChI is InChI=1S/C48H68N2O15/c1-25(2)21-30(50-43(58)65-44(5,6)7)35(53)41(56)61-31-23-48(59)39(63-40(55)28-17-13-11-14-18-28)37-46(10,32(52)22-33-47(37,24-60-33)64-27(4)51)38(54)36(34(26(31)3)45(48,8)9)62-42(57)49-29-19-15-12-16-20-29/h11,13-14,17-18,25,29-33,35-37,39,52-53,59H,12,15-16,19-24H2,1-10H3,(H,49,57)(H,50,58)/t30-,31-,32-,33+,35+,36+,37-,39-,46+,47-,48+/m0/s1. The van der Waals surface area contributed by atoms with Gasteiger partial charge in [-0.2, -0.15) is 0 Å². The second-order valence-corrected chi connectivity index (χ2v) is 20.8. The number of benzene rings is 1. The van der Waals surface area contributed by atoms with Gasteiger partial charge in [-0.1, -0.05) is 65.2 Å². The van der Waals surface area contributed by atoms with Crippen LogP contribution in [0.15, 0.2) is 41.5 Å². The summed E-state index contributed by atoms with van der Waals surface area (Å²) in [5.74, 6) is -5.44. The third-order valence-electron chi connectivity index (χ3n) is 14.4. The van der Waals surface area contributed by atoms with E-state index in [0.29, 0.717) is 12.8 Å². The highest BCUT2D eigenvalue weighted by Crippen LogP contribution is 2.64. The van der Waals surface area contributed by atoms with Crippen LogP contribution in [0.25, 0.3) is 0 Å². The molecule has 65 heavy (non-hydrogen) atoms. The zero-order valence-electron chi connectivity index (χ0n) is 39.3. The normalized spacial score (nSPS) is 33.0. The van der Waals surface area contributed by atoms with Gasteiger partial charge in [0.25, 0.3) is 0 Å². The van der Waals surface area contributed by atoms with E-state index in [4.69, 9.17) is 28.4 Å². The minimum Gasteiger partial charge on any atom is -0.456 e. The molecule has 5 N–H and O–H groups in total. The molecule has 1 saturated heterocycles. The molecule has 2 amide bonds. The summed E-state index contributed by atoms with van der Waals surface area (Å²) in [6.07, 6.45) is -8.05. The van der Waals surface area contributed by atoms with Gasteiger partial charge in [-0.05, 0) is 83.1 Å². The number of alkyl carbamates (subject to hydrolysis) is 2. The van der Waals surface area contributed by atoms with E-state index in [0.717, 1.165) is 26.2 Å². The second kappa shape index (κ2) is 18.6. The Morgan fingerprint density at radius 2 is 1.60 bits per heavy atom. The van der Waals surface area contributed by atoms with Gasteiger partial charge in [0.2, 0.25) is 0 Å². The summed E-state index contributed by atoms with van der Waals surface area (Å²) in [4.78, 5) is 84.6. The van der Waals surface area contributed by atoms with Crippen LogP contribution in [0.5, 0.6) is 0 Å². The van der Waals surface area contributed by atoms with Crippen LogP contribution < -0.4 is 10.6 Å². The highest BCUT2D eigenvalue weighted by atomic mass is 16.6. The van der Waals surface area contributed by atoms with Crippen LogP contribution in [0.4, 0.5) is 9.59 Å². The summed E-state index contributed by atoms with van der Waals surface area (Å²) in [5.41, 5.74) is -8.55. The Morgan fingerprint density at radius 1 is 0.954 bits per heavy atom. The molecule has 0 spiro atoms. The molecule has 3 saturated carbocycles. The number of ether oxygens (including phenoxy) is 6. The van der Waals surface area contributed by atoms with Crippen molar-refractivity contribution in [2.75, 3.05) is 6.61 Å². The van der Waals surface area contributed by atoms with E-state index in [9.17, 15) is 39.3 Å². The van der Waals surface area contributed by atoms with E-state index < -0.39 is 119 Å². The zero-order valence-corrected chi connectivity index (χ0v) is 39.3. The minimum absolute atomic E-state index is 0.00842. The number of carbonyl (C=O) groups is 6. The first kappa shape index (κ1) is 49.8. The monoisotopic (exact) mass is 912 g/mol. The summed E-state index contributed by atoms with van der Waals surface area (Å²) in [6, 6.07) is 6.45. The van der Waals surface area contributed by atoms with E-state index in [-0.39, 0.29) is 48.1 Å². The first-order chi connectivity index (χ1) is 30.3. The Morgan fingerprint density at radius 3 is 2.17 bits per heavy atom. The van der Waals surface area contributed by atoms with Gasteiger partial charge in [0.1, 0.15) is 29.5 Å². The van der Waals surface area contributed by atoms with Crippen LogP contribution in [0.1, 0.15) is 131 Å². The number of fused-ring (bicyclic) bond motifs is 5. The Labute approximate surface area is 380 Å². The largest absolute Gasteiger partial charge is 0.456 e. The first-order valence-electron chi connectivity index (χ1n) is 22.8. The molecule has 17 nitrogen and oxygen atoms in total. The number of ketones is 1. The Balaban J connectivity index is 1.54. The Bertz CT molecular complexity index is 2020. The number of carbonyl (C=O) groups excluding carboxylic acids is 6. The van der Waals surface area contributed by atoms with Crippen LogP contribution >= 0.6 is 0 Å². The summed E-state index contributed by atoms with van der Waals surface area (Å²) in [5, 5.41) is 43.2. The van der Waals surface area contributed by atoms with Crippen molar-refractivity contribution in [3.05, 3.63) is 47.0 Å². The van der Waals surface area contributed by atoms with Crippen LogP contribution in [0.2, 0.25) is 0 Å². The lowest BCUT2D eigenvalue weighted by molar-refractivity contribution is -0.345. The molecular weight excluding hydrogens is 845 g/mol. The number of esters is 3. The number of rotatable bonds is 11. The predicted molar refractivity (Wildman–Crippen MR) is 232 cm³/mol. The quantitative estimate of drug-likeness (QED) is 0.112. The van der Waals surface area contributed by atoms with Crippen molar-refractivity contribution in [2.24, 2.45) is 22.7 Å². The molecule has 0 unspecified atom stereocenters. The lowest BCUT2D eigenvalue weighted by Crippen LogP contribution is -2.82. The van der Waals surface area contributed by atoms with Crippen LogP contribution in [0.3, 0.4) is 0 Å². The SMILES string of the molecule is CC(=O)O[C@@]12CO[C@@H]1C[C@H](O)[C@@]1(C)C(=O)[C@H](OC(=O)NC3CCCCC3)C3=C(C)[C@@H](OC(=O)[C@H](O)[C@H](CC(C)C)NC(=O)OC(C)(C)C)C[C@@](O)([C@@H](OC(=O)c4ccccc4)[C@H]21)C3(C)C. The van der Waals surface area contributed by atoms with Crippen molar-refractivity contribution in [3.8, 4) is 0 Å². The third-order valence-corrected chi connectivity index (χ3v) is 14.4. The third kappa shape index (κ3) is 9.52. The van der Waals surface area contributed by atoms with Gasteiger partial charge in [0.15, 0.2) is 23.6 Å². The van der Waals surface area contributed by atoms with Crippen molar-refractivity contribution in [2.45, 2.75) is 186 Å². The number of aliphatic hydroxyl groups excluding tert-OH is 2. The van der Waals surface area contributed by atoms with E-state index in [2.05, 4.69) is 10.6 Å². The number of hydrogen-bond acceptors (Lipinski definition) is 15. The van der Waals surface area contributed by atoms with E-state index in [1.807, 2.05) is 13.8 Å². The van der Waals surface area contributed by atoms with Crippen LogP contribution in [-0.4, -0.2) is 123 Å². The maximum Gasteiger partial charge on any atom is 0.408 e. The predicted octanol–water partition coefficient (Wildman–Crippen LogP) is 5.00. The van der Waals surface area contributed by atoms with Gasteiger partial charge in [-0.15, -0.1) is 0 Å². The lowest BCUT2D eigenvalue weighted by Gasteiger charge is -2.67. The highest BCUT2D eigenvalue weighted by molar-refractivity contribution is 5.95. The van der Waals surface area contributed by atoms with Gasteiger partial charge in [-0.3, -0.25) is 9.59 Å². The van der Waals surface area contributed by atoms with Gasteiger partial charge in [0, 0.05) is 31.2 Å². The van der Waals surface area contributed by atoms with Gasteiger partial charge < -0.3 is 54.4 Å². The Kier molecular flexibility index (Phi) is 14.3. The molecule has 0 radical (unpaired) electrons. The molecule has 1 aromatic carbocycles. The number of amides is 2. The molecule has 4 fully saturated rings. The Hall–Kier alpha value is -4.58. The molecule has 360 valence electrons. The molecule has 1 aromatic rings. The molecule has 11 atom stereocenters. The number of nitrogens with one attached hydrogen (secondary N) is 2. The van der Waals surface area contributed by atoms with Crippen molar-refractivity contribution in [1.29, 1.82) is 0 Å². The average Bonchev–Trinajstić information content (AvgIpc) is 3.21. The summed E-state index contributed by atoms with van der Waals surface area (Å²) in [7, 11) is 0. The molecule has 2 bridgehead atoms. The molecule has 17 heteroatoms. The van der Waals surface area contributed by atoms with Gasteiger partial charge in [0.05, 0.1) is 35.6 Å². The molecule has 1 heterocycles. The number of Topliss-reactive ketones (excluding diaryl/α,β-unsaturated/α-hetero) is 1. The van der Waals surface area contributed by atoms with Gasteiger partial charge in [-0.25, -0.2) is 19.2 Å². The number of aliphatic hydroxyl groups is 3. The lowest BCUT2D eigenvalue weighted by atomic mass is 9.44. The smallest absolute Gasteiger partial charge is 0.408 e.